The first-order valence-corrected chi connectivity index (χ1v) is 7.69. The predicted octanol–water partition coefficient (Wildman–Crippen LogP) is 2.03. The largest absolute Gasteiger partial charge is 0.481 e. The van der Waals surface area contributed by atoms with Crippen molar-refractivity contribution < 1.29 is 19.5 Å². The van der Waals surface area contributed by atoms with Crippen LogP contribution in [0.15, 0.2) is 24.3 Å². The summed E-state index contributed by atoms with van der Waals surface area (Å²) < 4.78 is 0. The Bertz CT molecular complexity index is 560. The lowest BCUT2D eigenvalue weighted by Crippen LogP contribution is -2.34. The van der Waals surface area contributed by atoms with E-state index in [1.54, 1.807) is 38.2 Å². The smallest absolute Gasteiger partial charge is 0.308 e. The third-order valence-electron chi connectivity index (χ3n) is 3.35. The molecule has 0 fully saturated rings. The van der Waals surface area contributed by atoms with E-state index in [0.717, 1.165) is 0 Å². The van der Waals surface area contributed by atoms with Crippen LogP contribution in [-0.2, 0) is 9.59 Å². The van der Waals surface area contributed by atoms with E-state index in [0.29, 0.717) is 23.6 Å². The van der Waals surface area contributed by atoms with Crippen molar-refractivity contribution in [2.75, 3.05) is 20.1 Å². The van der Waals surface area contributed by atoms with Crippen LogP contribution in [0.3, 0.4) is 0 Å². The minimum absolute atomic E-state index is 0.140. The molecule has 0 radical (unpaired) electrons. The molecular formula is C16H21ClN2O4. The molecule has 1 aromatic carbocycles. The maximum atomic E-state index is 11.9. The minimum Gasteiger partial charge on any atom is -0.481 e. The van der Waals surface area contributed by atoms with Gasteiger partial charge in [0.05, 0.1) is 5.92 Å². The highest BCUT2D eigenvalue weighted by atomic mass is 35.5. The van der Waals surface area contributed by atoms with Gasteiger partial charge in [0, 0.05) is 37.1 Å². The monoisotopic (exact) mass is 340 g/mol. The third-order valence-corrected chi connectivity index (χ3v) is 3.61. The first-order valence-electron chi connectivity index (χ1n) is 7.31. The lowest BCUT2D eigenvalue weighted by atomic mass is 10.1. The van der Waals surface area contributed by atoms with Crippen molar-refractivity contribution in [2.24, 2.45) is 5.92 Å². The number of nitrogens with one attached hydrogen (secondary N) is 1. The molecule has 0 aliphatic heterocycles. The van der Waals surface area contributed by atoms with Gasteiger partial charge < -0.3 is 15.3 Å². The number of rotatable bonds is 8. The van der Waals surface area contributed by atoms with Gasteiger partial charge in [-0.2, -0.15) is 0 Å². The van der Waals surface area contributed by atoms with Crippen molar-refractivity contribution in [1.82, 2.24) is 10.2 Å². The zero-order chi connectivity index (χ0) is 17.4. The van der Waals surface area contributed by atoms with E-state index in [4.69, 9.17) is 16.7 Å². The van der Waals surface area contributed by atoms with Crippen molar-refractivity contribution in [1.29, 1.82) is 0 Å². The minimum atomic E-state index is -0.931. The molecular weight excluding hydrogens is 320 g/mol. The number of carbonyl (C=O) groups excluding carboxylic acids is 2. The van der Waals surface area contributed by atoms with E-state index in [-0.39, 0.29) is 24.8 Å². The Hall–Kier alpha value is -2.08. The molecule has 0 heterocycles. The summed E-state index contributed by atoms with van der Waals surface area (Å²) in [6.45, 7) is 2.10. The van der Waals surface area contributed by atoms with E-state index in [1.807, 2.05) is 0 Å². The molecule has 6 nitrogen and oxygen atoms in total. The molecule has 1 aromatic rings. The van der Waals surface area contributed by atoms with Crippen LogP contribution in [-0.4, -0.2) is 47.9 Å². The van der Waals surface area contributed by atoms with Gasteiger partial charge in [-0.1, -0.05) is 18.5 Å². The highest BCUT2D eigenvalue weighted by Crippen LogP contribution is 2.09. The lowest BCUT2D eigenvalue weighted by Gasteiger charge is -2.19. The number of hydrogen-bond acceptors (Lipinski definition) is 3. The molecule has 1 atom stereocenters. The van der Waals surface area contributed by atoms with Gasteiger partial charge in [-0.3, -0.25) is 14.4 Å². The molecule has 0 spiro atoms. The van der Waals surface area contributed by atoms with Crippen LogP contribution >= 0.6 is 11.6 Å². The summed E-state index contributed by atoms with van der Waals surface area (Å²) in [5.41, 5.74) is 0.508. The Morgan fingerprint density at radius 2 is 1.87 bits per heavy atom. The number of carbonyl (C=O) groups is 3. The normalized spacial score (nSPS) is 11.6. The molecule has 2 amide bonds. The summed E-state index contributed by atoms with van der Waals surface area (Å²) in [5, 5.41) is 12.1. The highest BCUT2D eigenvalue weighted by Gasteiger charge is 2.17. The number of carboxylic acids is 1. The number of hydrogen-bond donors (Lipinski definition) is 2. The van der Waals surface area contributed by atoms with Gasteiger partial charge in [0.1, 0.15) is 0 Å². The van der Waals surface area contributed by atoms with Crippen LogP contribution in [0.5, 0.6) is 0 Å². The fourth-order valence-corrected chi connectivity index (χ4v) is 2.05. The van der Waals surface area contributed by atoms with Crippen molar-refractivity contribution in [3.05, 3.63) is 34.9 Å². The van der Waals surface area contributed by atoms with Crippen LogP contribution in [0.1, 0.15) is 30.1 Å². The predicted molar refractivity (Wildman–Crippen MR) is 87.5 cm³/mol. The van der Waals surface area contributed by atoms with E-state index in [9.17, 15) is 14.4 Å². The Balaban J connectivity index is 2.28. The van der Waals surface area contributed by atoms with Crippen LogP contribution < -0.4 is 5.32 Å². The van der Waals surface area contributed by atoms with Crippen molar-refractivity contribution in [3.8, 4) is 0 Å². The second-order valence-corrected chi connectivity index (χ2v) is 5.82. The van der Waals surface area contributed by atoms with E-state index < -0.39 is 11.9 Å². The Morgan fingerprint density at radius 1 is 1.26 bits per heavy atom. The average Bonchev–Trinajstić information content (AvgIpc) is 2.51. The van der Waals surface area contributed by atoms with Crippen LogP contribution in [0.4, 0.5) is 0 Å². The number of nitrogens with zero attached hydrogens (tertiary/aromatic N) is 1. The molecule has 0 aromatic heterocycles. The quantitative estimate of drug-likeness (QED) is 0.709. The number of benzene rings is 1. The molecule has 7 heteroatoms. The van der Waals surface area contributed by atoms with Gasteiger partial charge >= 0.3 is 5.97 Å². The van der Waals surface area contributed by atoms with Gasteiger partial charge in [-0.05, 0) is 30.7 Å². The number of halogens is 1. The van der Waals surface area contributed by atoms with Crippen molar-refractivity contribution in [2.45, 2.75) is 19.8 Å². The molecule has 0 aliphatic carbocycles. The third kappa shape index (κ3) is 6.69. The Kier molecular flexibility index (Phi) is 7.54. The molecule has 126 valence electrons. The molecule has 2 N–H and O–H groups in total. The van der Waals surface area contributed by atoms with Gasteiger partial charge in [0.15, 0.2) is 0 Å². The maximum Gasteiger partial charge on any atom is 0.308 e. The van der Waals surface area contributed by atoms with E-state index >= 15 is 0 Å². The Morgan fingerprint density at radius 3 is 2.43 bits per heavy atom. The van der Waals surface area contributed by atoms with Gasteiger partial charge in [-0.25, -0.2) is 0 Å². The van der Waals surface area contributed by atoms with Gasteiger partial charge in [-0.15, -0.1) is 0 Å². The maximum absolute atomic E-state index is 11.9. The summed E-state index contributed by atoms with van der Waals surface area (Å²) >= 11 is 5.75. The first-order chi connectivity index (χ1) is 10.8. The second kappa shape index (κ2) is 9.15. The van der Waals surface area contributed by atoms with Crippen LogP contribution in [0.25, 0.3) is 0 Å². The Labute approximate surface area is 140 Å². The fourth-order valence-electron chi connectivity index (χ4n) is 1.93. The van der Waals surface area contributed by atoms with Crippen molar-refractivity contribution in [3.63, 3.8) is 0 Å². The van der Waals surface area contributed by atoms with E-state index in [2.05, 4.69) is 5.32 Å². The second-order valence-electron chi connectivity index (χ2n) is 5.38. The summed E-state index contributed by atoms with van der Waals surface area (Å²) in [4.78, 5) is 35.9. The molecule has 0 saturated heterocycles. The van der Waals surface area contributed by atoms with Crippen LogP contribution in [0, 0.1) is 5.92 Å². The molecule has 23 heavy (non-hydrogen) atoms. The number of amides is 2. The molecule has 1 unspecified atom stereocenters. The van der Waals surface area contributed by atoms with Gasteiger partial charge in [0.2, 0.25) is 5.91 Å². The zero-order valence-electron chi connectivity index (χ0n) is 13.2. The molecule has 0 bridgehead atoms. The molecule has 0 aliphatic rings. The standard InChI is InChI=1S/C16H21ClN2O4/c1-11(16(22)23)10-19(2)14(20)4-3-9-18-15(21)12-5-7-13(17)8-6-12/h5-8,11H,3-4,9-10H2,1-2H3,(H,18,21)(H,22,23). The fraction of sp³-hybridized carbons (Fsp3) is 0.438. The van der Waals surface area contributed by atoms with Crippen LogP contribution in [0.2, 0.25) is 5.02 Å². The molecule has 0 saturated carbocycles. The highest BCUT2D eigenvalue weighted by molar-refractivity contribution is 6.30. The summed E-state index contributed by atoms with van der Waals surface area (Å²) in [6, 6.07) is 6.53. The van der Waals surface area contributed by atoms with Gasteiger partial charge in [0.25, 0.3) is 5.91 Å². The number of carboxylic acid groups (broad SMARTS) is 1. The topological polar surface area (TPSA) is 86.7 Å². The van der Waals surface area contributed by atoms with Crippen molar-refractivity contribution >= 4 is 29.4 Å². The molecule has 1 rings (SSSR count). The summed E-state index contributed by atoms with van der Waals surface area (Å²) in [5.74, 6) is -1.89. The summed E-state index contributed by atoms with van der Waals surface area (Å²) in [6.07, 6.45) is 0.744. The number of aliphatic carboxylic acids is 1. The summed E-state index contributed by atoms with van der Waals surface area (Å²) in [7, 11) is 1.58. The lowest BCUT2D eigenvalue weighted by molar-refractivity contribution is -0.142. The van der Waals surface area contributed by atoms with E-state index in [1.165, 1.54) is 4.90 Å². The SMILES string of the molecule is CC(CN(C)C(=O)CCCNC(=O)c1ccc(Cl)cc1)C(=O)O. The first kappa shape index (κ1) is 19.0. The average molecular weight is 341 g/mol. The zero-order valence-corrected chi connectivity index (χ0v) is 14.0.